The van der Waals surface area contributed by atoms with Crippen molar-refractivity contribution >= 4 is 5.91 Å². The van der Waals surface area contributed by atoms with Crippen molar-refractivity contribution < 1.29 is 41.0 Å². The van der Waals surface area contributed by atoms with E-state index in [0.29, 0.717) is 18.3 Å². The van der Waals surface area contributed by atoms with Crippen LogP contribution < -0.4 is 15.8 Å². The fourth-order valence-corrected chi connectivity index (χ4v) is 3.21. The zero-order valence-corrected chi connectivity index (χ0v) is 18.7. The summed E-state index contributed by atoms with van der Waals surface area (Å²) in [4.78, 5) is 15.4. The molecule has 8 nitrogen and oxygen atoms in total. The summed E-state index contributed by atoms with van der Waals surface area (Å²) in [5.74, 6) is 0.877. The molecule has 0 aliphatic heterocycles. The lowest BCUT2D eigenvalue weighted by Gasteiger charge is -2.17. The number of hydrogen-bond acceptors (Lipinski definition) is 6. The predicted octanol–water partition coefficient (Wildman–Crippen LogP) is 3.73. The van der Waals surface area contributed by atoms with Crippen molar-refractivity contribution in [1.82, 2.24) is 20.5 Å². The van der Waals surface area contributed by atoms with Gasteiger partial charge in [0.1, 0.15) is 18.1 Å². The van der Waals surface area contributed by atoms with Crippen LogP contribution in [0.3, 0.4) is 0 Å². The second kappa shape index (κ2) is 10.8. The molecule has 3 aromatic rings. The summed E-state index contributed by atoms with van der Waals surface area (Å²) in [6.07, 6.45) is -2.83. The van der Waals surface area contributed by atoms with Crippen molar-refractivity contribution in [1.29, 1.82) is 0 Å². The van der Waals surface area contributed by atoms with E-state index in [4.69, 9.17) is 16.9 Å². The summed E-state index contributed by atoms with van der Waals surface area (Å²) >= 11 is 0. The van der Waals surface area contributed by atoms with Crippen LogP contribution in [0.4, 0.5) is 26.3 Å². The largest absolute Gasteiger partial charge is 0.506 e. The van der Waals surface area contributed by atoms with Crippen molar-refractivity contribution in [2.75, 3.05) is 13.2 Å². The third kappa shape index (κ3) is 6.50. The number of phenolic OH excluding ortho intramolecular Hbond substituents is 1. The molecule has 5 N–H and O–H groups in total. The van der Waals surface area contributed by atoms with Gasteiger partial charge in [0.05, 0.1) is 29.4 Å². The molecule has 1 unspecified atom stereocenters. The molecule has 0 aliphatic carbocycles. The molecule has 0 saturated carbocycles. The first-order valence-electron chi connectivity index (χ1n) is 10.4. The Balaban J connectivity index is 1.97. The standard InChI is InChI=1S/C23H19F6N5O3/c1-2-3-15(30)21(36)32-6-7-37-17-5-4-14(16-9-18(34-33-16)23(27,28)29)20(35)19(17)12-8-13(11-31-10-12)22(24,25)26/h1,4-5,8-11,15,35H,3,6-7,30H2,(H,32,36)(H,33,34). The van der Waals surface area contributed by atoms with Crippen LogP contribution in [-0.2, 0) is 17.1 Å². The minimum Gasteiger partial charge on any atom is -0.506 e. The quantitative estimate of drug-likeness (QED) is 0.201. The molecule has 2 heterocycles. The summed E-state index contributed by atoms with van der Waals surface area (Å²) in [5, 5.41) is 18.7. The molecular weight excluding hydrogens is 508 g/mol. The van der Waals surface area contributed by atoms with Gasteiger partial charge in [-0.1, -0.05) is 0 Å². The molecule has 0 radical (unpaired) electrons. The van der Waals surface area contributed by atoms with Crippen LogP contribution in [0.2, 0.25) is 0 Å². The number of carbonyl (C=O) groups is 1. The van der Waals surface area contributed by atoms with Gasteiger partial charge in [-0.2, -0.15) is 31.4 Å². The molecule has 0 bridgehead atoms. The first-order chi connectivity index (χ1) is 17.3. The van der Waals surface area contributed by atoms with Gasteiger partial charge in [-0.3, -0.25) is 14.9 Å². The Bertz CT molecular complexity index is 1310. The summed E-state index contributed by atoms with van der Waals surface area (Å²) < 4.78 is 84.3. The zero-order chi connectivity index (χ0) is 27.4. The number of aromatic hydroxyl groups is 1. The van der Waals surface area contributed by atoms with Crippen LogP contribution >= 0.6 is 0 Å². The summed E-state index contributed by atoms with van der Waals surface area (Å²) in [6.45, 7) is -0.273. The SMILES string of the molecule is C#CCC(N)C(=O)NCCOc1ccc(-c2cc(C(F)(F)F)n[nH]2)c(O)c1-c1cncc(C(F)(F)F)c1. The molecular formula is C23H19F6N5O3. The number of ether oxygens (including phenoxy) is 1. The minimum absolute atomic E-state index is 0.00161. The van der Waals surface area contributed by atoms with E-state index in [1.807, 2.05) is 0 Å². The number of benzene rings is 1. The monoisotopic (exact) mass is 527 g/mol. The highest BCUT2D eigenvalue weighted by atomic mass is 19.4. The second-order valence-electron chi connectivity index (χ2n) is 7.61. The fourth-order valence-electron chi connectivity index (χ4n) is 3.21. The number of nitrogens with one attached hydrogen (secondary N) is 2. The van der Waals surface area contributed by atoms with Gasteiger partial charge in [-0.15, -0.1) is 12.3 Å². The Morgan fingerprint density at radius 2 is 1.92 bits per heavy atom. The van der Waals surface area contributed by atoms with Crippen LogP contribution in [-0.4, -0.2) is 45.4 Å². The van der Waals surface area contributed by atoms with Crippen molar-refractivity contribution in [2.45, 2.75) is 24.8 Å². The number of aromatic amines is 1. The molecule has 196 valence electrons. The number of nitrogens with two attached hydrogens (primary N) is 1. The Labute approximate surface area is 205 Å². The first-order valence-corrected chi connectivity index (χ1v) is 10.4. The lowest BCUT2D eigenvalue weighted by atomic mass is 9.98. The first kappa shape index (κ1) is 27.3. The van der Waals surface area contributed by atoms with Gasteiger partial charge >= 0.3 is 12.4 Å². The van der Waals surface area contributed by atoms with E-state index in [9.17, 15) is 36.2 Å². The third-order valence-electron chi connectivity index (χ3n) is 4.99. The van der Waals surface area contributed by atoms with E-state index in [2.05, 4.69) is 26.4 Å². The highest BCUT2D eigenvalue weighted by molar-refractivity contribution is 5.85. The predicted molar refractivity (Wildman–Crippen MR) is 119 cm³/mol. The average Bonchev–Trinajstić information content (AvgIpc) is 3.32. The fraction of sp³-hybridized carbons (Fsp3) is 0.261. The summed E-state index contributed by atoms with van der Waals surface area (Å²) in [7, 11) is 0. The number of hydrogen-bond donors (Lipinski definition) is 4. The number of rotatable bonds is 8. The van der Waals surface area contributed by atoms with E-state index in [-0.39, 0.29) is 47.7 Å². The van der Waals surface area contributed by atoms with E-state index in [1.165, 1.54) is 12.1 Å². The molecule has 0 aliphatic rings. The average molecular weight is 527 g/mol. The molecule has 37 heavy (non-hydrogen) atoms. The third-order valence-corrected chi connectivity index (χ3v) is 4.99. The Morgan fingerprint density at radius 1 is 1.19 bits per heavy atom. The zero-order valence-electron chi connectivity index (χ0n) is 18.7. The van der Waals surface area contributed by atoms with Gasteiger partial charge in [0, 0.05) is 29.9 Å². The van der Waals surface area contributed by atoms with Gasteiger partial charge in [0.25, 0.3) is 0 Å². The van der Waals surface area contributed by atoms with E-state index in [0.717, 1.165) is 6.20 Å². The van der Waals surface area contributed by atoms with E-state index in [1.54, 1.807) is 0 Å². The topological polar surface area (TPSA) is 126 Å². The van der Waals surface area contributed by atoms with Crippen molar-refractivity contribution in [3.63, 3.8) is 0 Å². The Kier molecular flexibility index (Phi) is 7.97. The van der Waals surface area contributed by atoms with E-state index >= 15 is 0 Å². The number of amides is 1. The number of phenols is 1. The molecule has 1 aromatic carbocycles. The van der Waals surface area contributed by atoms with Gasteiger partial charge in [0.15, 0.2) is 5.69 Å². The number of H-pyrrole nitrogens is 1. The summed E-state index contributed by atoms with van der Waals surface area (Å²) in [6, 6.07) is 2.83. The van der Waals surface area contributed by atoms with Gasteiger partial charge < -0.3 is 20.9 Å². The second-order valence-corrected chi connectivity index (χ2v) is 7.61. The highest BCUT2D eigenvalue weighted by Gasteiger charge is 2.35. The number of terminal acetylenes is 1. The molecule has 0 spiro atoms. The number of nitrogens with zero attached hydrogens (tertiary/aromatic N) is 2. The summed E-state index contributed by atoms with van der Waals surface area (Å²) in [5.41, 5.74) is 2.28. The maximum atomic E-state index is 13.3. The molecule has 3 rings (SSSR count). The van der Waals surface area contributed by atoms with Crippen molar-refractivity contribution in [3.8, 4) is 46.2 Å². The number of aromatic nitrogens is 3. The maximum absolute atomic E-state index is 13.3. The Hall–Kier alpha value is -4.25. The molecule has 1 amide bonds. The van der Waals surface area contributed by atoms with Gasteiger partial charge in [-0.25, -0.2) is 0 Å². The van der Waals surface area contributed by atoms with Crippen LogP contribution in [0.25, 0.3) is 22.4 Å². The molecule has 0 saturated heterocycles. The molecule has 1 atom stereocenters. The number of carbonyl (C=O) groups excluding carboxylic acids is 1. The van der Waals surface area contributed by atoms with Gasteiger partial charge in [0.2, 0.25) is 5.91 Å². The number of alkyl halides is 6. The molecule has 14 heteroatoms. The smallest absolute Gasteiger partial charge is 0.435 e. The number of halogens is 6. The lowest BCUT2D eigenvalue weighted by molar-refractivity contribution is -0.141. The van der Waals surface area contributed by atoms with Crippen LogP contribution in [0.1, 0.15) is 17.7 Å². The normalized spacial score (nSPS) is 12.6. The van der Waals surface area contributed by atoms with Crippen LogP contribution in [0, 0.1) is 12.3 Å². The van der Waals surface area contributed by atoms with E-state index < -0.39 is 41.3 Å². The highest BCUT2D eigenvalue weighted by Crippen LogP contribution is 2.45. The Morgan fingerprint density at radius 3 is 2.54 bits per heavy atom. The van der Waals surface area contributed by atoms with Crippen LogP contribution in [0.5, 0.6) is 11.5 Å². The minimum atomic E-state index is -4.77. The van der Waals surface area contributed by atoms with Crippen molar-refractivity contribution in [2.24, 2.45) is 5.73 Å². The van der Waals surface area contributed by atoms with Crippen LogP contribution in [0.15, 0.2) is 36.7 Å². The van der Waals surface area contributed by atoms with Crippen molar-refractivity contribution in [3.05, 3.63) is 47.9 Å². The maximum Gasteiger partial charge on any atom is 0.435 e. The van der Waals surface area contributed by atoms with Gasteiger partial charge in [-0.05, 0) is 24.3 Å². The number of pyridine rings is 1. The molecule has 0 fully saturated rings. The molecule has 2 aromatic heterocycles. The lowest BCUT2D eigenvalue weighted by Crippen LogP contribution is -2.41.